The summed E-state index contributed by atoms with van der Waals surface area (Å²) in [6, 6.07) is 11.9. The summed E-state index contributed by atoms with van der Waals surface area (Å²) in [4.78, 5) is 26.7. The van der Waals surface area contributed by atoms with Crippen LogP contribution >= 0.6 is 11.6 Å². The Morgan fingerprint density at radius 1 is 1.14 bits per heavy atom. The molecule has 0 unspecified atom stereocenters. The van der Waals surface area contributed by atoms with Gasteiger partial charge in [-0.2, -0.15) is 0 Å². The quantitative estimate of drug-likeness (QED) is 0.775. The van der Waals surface area contributed by atoms with Crippen molar-refractivity contribution in [2.75, 3.05) is 50.6 Å². The third-order valence-corrected chi connectivity index (χ3v) is 4.65. The normalized spacial score (nSPS) is 14.4. The molecule has 1 fully saturated rings. The van der Waals surface area contributed by atoms with Crippen LogP contribution in [0.3, 0.4) is 0 Å². The van der Waals surface area contributed by atoms with E-state index in [0.717, 1.165) is 13.1 Å². The molecule has 0 spiro atoms. The number of methoxy groups -OCH3 is 1. The lowest BCUT2D eigenvalue weighted by molar-refractivity contribution is -0.118. The molecular weight excluding hydrogens is 382 g/mol. The molecule has 2 aromatic rings. The van der Waals surface area contributed by atoms with Gasteiger partial charge in [-0.15, -0.1) is 0 Å². The molecule has 1 heterocycles. The maximum atomic E-state index is 12.4. The lowest BCUT2D eigenvalue weighted by atomic mass is 10.2. The Morgan fingerprint density at radius 3 is 2.61 bits per heavy atom. The minimum absolute atomic E-state index is 0.131. The lowest BCUT2D eigenvalue weighted by Crippen LogP contribution is -2.41. The van der Waals surface area contributed by atoms with Crippen LogP contribution in [-0.2, 0) is 9.53 Å². The molecule has 0 bridgehead atoms. The molecule has 2 amide bonds. The van der Waals surface area contributed by atoms with E-state index in [2.05, 4.69) is 10.6 Å². The summed E-state index contributed by atoms with van der Waals surface area (Å²) in [5, 5.41) is 6.01. The second-order valence-electron chi connectivity index (χ2n) is 6.29. The van der Waals surface area contributed by atoms with Crippen molar-refractivity contribution in [3.05, 3.63) is 53.1 Å². The van der Waals surface area contributed by atoms with Gasteiger partial charge in [0.2, 0.25) is 5.91 Å². The predicted octanol–water partition coefficient (Wildman–Crippen LogP) is 2.87. The van der Waals surface area contributed by atoms with Crippen LogP contribution in [0.15, 0.2) is 42.5 Å². The van der Waals surface area contributed by atoms with Gasteiger partial charge in [-0.1, -0.05) is 23.7 Å². The molecule has 0 saturated carbocycles. The van der Waals surface area contributed by atoms with Crippen molar-refractivity contribution in [3.63, 3.8) is 0 Å². The summed E-state index contributed by atoms with van der Waals surface area (Å²) in [6.45, 7) is 3.03. The Hall–Kier alpha value is -2.61. The average molecular weight is 404 g/mol. The molecule has 2 N–H and O–H groups in total. The van der Waals surface area contributed by atoms with Gasteiger partial charge in [0.25, 0.3) is 5.91 Å². The second-order valence-corrected chi connectivity index (χ2v) is 6.69. The number of carbonyl (C=O) groups excluding carboxylic acids is 2. The maximum Gasteiger partial charge on any atom is 0.257 e. The van der Waals surface area contributed by atoms with Gasteiger partial charge in [0.05, 0.1) is 43.1 Å². The molecule has 148 valence electrons. The average Bonchev–Trinajstić information content (AvgIpc) is 2.70. The smallest absolute Gasteiger partial charge is 0.257 e. The highest BCUT2D eigenvalue weighted by Crippen LogP contribution is 2.28. The zero-order valence-electron chi connectivity index (χ0n) is 15.5. The summed E-state index contributed by atoms with van der Waals surface area (Å²) in [7, 11) is 1.51. The van der Waals surface area contributed by atoms with Gasteiger partial charge in [-0.3, -0.25) is 14.5 Å². The van der Waals surface area contributed by atoms with Gasteiger partial charge in [0.15, 0.2) is 0 Å². The molecule has 0 atom stereocenters. The number of nitrogens with one attached hydrogen (secondary N) is 2. The number of rotatable bonds is 6. The van der Waals surface area contributed by atoms with Gasteiger partial charge >= 0.3 is 0 Å². The van der Waals surface area contributed by atoms with E-state index in [1.807, 2.05) is 4.90 Å². The fourth-order valence-corrected chi connectivity index (χ4v) is 3.09. The number of benzene rings is 2. The van der Waals surface area contributed by atoms with Crippen LogP contribution in [0.1, 0.15) is 10.4 Å². The molecule has 1 saturated heterocycles. The Labute approximate surface area is 168 Å². The lowest BCUT2D eigenvalue weighted by Gasteiger charge is -2.25. The Balaban J connectivity index is 1.65. The van der Waals surface area contributed by atoms with Crippen LogP contribution in [0.4, 0.5) is 11.4 Å². The highest BCUT2D eigenvalue weighted by Gasteiger charge is 2.16. The highest BCUT2D eigenvalue weighted by atomic mass is 35.5. The SMILES string of the molecule is COc1cc(NC(=O)c2ccccc2Cl)ccc1NC(=O)CN1CCOCC1. The monoisotopic (exact) mass is 403 g/mol. The van der Waals surface area contributed by atoms with Crippen LogP contribution in [0.5, 0.6) is 5.75 Å². The largest absolute Gasteiger partial charge is 0.494 e. The first-order chi connectivity index (χ1) is 13.6. The van der Waals surface area contributed by atoms with E-state index in [9.17, 15) is 9.59 Å². The topological polar surface area (TPSA) is 79.9 Å². The van der Waals surface area contributed by atoms with Crippen LogP contribution in [0, 0.1) is 0 Å². The third kappa shape index (κ3) is 5.22. The van der Waals surface area contributed by atoms with Gasteiger partial charge in [-0.25, -0.2) is 0 Å². The molecule has 0 aromatic heterocycles. The Morgan fingerprint density at radius 2 is 1.89 bits per heavy atom. The number of hydrogen-bond donors (Lipinski definition) is 2. The van der Waals surface area contributed by atoms with Crippen molar-refractivity contribution in [1.82, 2.24) is 4.90 Å². The zero-order chi connectivity index (χ0) is 19.9. The van der Waals surface area contributed by atoms with E-state index < -0.39 is 0 Å². The van der Waals surface area contributed by atoms with Gasteiger partial charge in [0, 0.05) is 24.8 Å². The number of ether oxygens (including phenoxy) is 2. The van der Waals surface area contributed by atoms with Crippen molar-refractivity contribution in [1.29, 1.82) is 0 Å². The minimum atomic E-state index is -0.322. The van der Waals surface area contributed by atoms with E-state index in [0.29, 0.717) is 40.9 Å². The number of anilines is 2. The van der Waals surface area contributed by atoms with Crippen molar-refractivity contribution < 1.29 is 19.1 Å². The zero-order valence-corrected chi connectivity index (χ0v) is 16.3. The van der Waals surface area contributed by atoms with E-state index in [4.69, 9.17) is 21.1 Å². The van der Waals surface area contributed by atoms with Crippen LogP contribution in [-0.4, -0.2) is 56.7 Å². The highest BCUT2D eigenvalue weighted by molar-refractivity contribution is 6.34. The Bertz CT molecular complexity index is 853. The van der Waals surface area contributed by atoms with Gasteiger partial charge in [0.1, 0.15) is 5.75 Å². The number of hydrogen-bond acceptors (Lipinski definition) is 5. The summed E-state index contributed by atoms with van der Waals surface area (Å²) in [6.07, 6.45) is 0. The number of halogens is 1. The van der Waals surface area contributed by atoms with E-state index in [-0.39, 0.29) is 18.4 Å². The summed E-state index contributed by atoms with van der Waals surface area (Å²) in [5.41, 5.74) is 1.45. The molecular formula is C20H22ClN3O4. The van der Waals surface area contributed by atoms with Gasteiger partial charge in [-0.05, 0) is 24.3 Å². The van der Waals surface area contributed by atoms with Gasteiger partial charge < -0.3 is 20.1 Å². The van der Waals surface area contributed by atoms with Crippen molar-refractivity contribution in [2.45, 2.75) is 0 Å². The summed E-state index contributed by atoms with van der Waals surface area (Å²) in [5.74, 6) is -0.00269. The minimum Gasteiger partial charge on any atom is -0.494 e. The number of morpholine rings is 1. The predicted molar refractivity (Wildman–Crippen MR) is 108 cm³/mol. The molecule has 28 heavy (non-hydrogen) atoms. The molecule has 3 rings (SSSR count). The van der Waals surface area contributed by atoms with Crippen LogP contribution in [0.2, 0.25) is 5.02 Å². The fraction of sp³-hybridized carbons (Fsp3) is 0.300. The molecule has 1 aliphatic rings. The summed E-state index contributed by atoms with van der Waals surface area (Å²) < 4.78 is 10.6. The second kappa shape index (κ2) is 9.54. The van der Waals surface area contributed by atoms with E-state index in [1.54, 1.807) is 42.5 Å². The van der Waals surface area contributed by atoms with Crippen molar-refractivity contribution >= 4 is 34.8 Å². The number of carbonyl (C=O) groups is 2. The third-order valence-electron chi connectivity index (χ3n) is 4.32. The molecule has 7 nitrogen and oxygen atoms in total. The maximum absolute atomic E-state index is 12.4. The number of amides is 2. The first-order valence-electron chi connectivity index (χ1n) is 8.90. The Kier molecular flexibility index (Phi) is 6.86. The molecule has 0 radical (unpaired) electrons. The van der Waals surface area contributed by atoms with Crippen molar-refractivity contribution in [3.8, 4) is 5.75 Å². The fourth-order valence-electron chi connectivity index (χ4n) is 2.87. The molecule has 2 aromatic carbocycles. The first-order valence-corrected chi connectivity index (χ1v) is 9.28. The molecule has 1 aliphatic heterocycles. The van der Waals surface area contributed by atoms with Crippen LogP contribution in [0.25, 0.3) is 0 Å². The number of nitrogens with zero attached hydrogens (tertiary/aromatic N) is 1. The first kappa shape index (κ1) is 20.1. The van der Waals surface area contributed by atoms with E-state index in [1.165, 1.54) is 7.11 Å². The summed E-state index contributed by atoms with van der Waals surface area (Å²) >= 11 is 6.06. The standard InChI is InChI=1S/C20H22ClN3O4/c1-27-18-12-14(22-20(26)15-4-2-3-5-16(15)21)6-7-17(18)23-19(25)13-24-8-10-28-11-9-24/h2-7,12H,8-11,13H2,1H3,(H,22,26)(H,23,25). The van der Waals surface area contributed by atoms with Crippen LogP contribution < -0.4 is 15.4 Å². The molecule has 0 aliphatic carbocycles. The van der Waals surface area contributed by atoms with Crippen molar-refractivity contribution in [2.24, 2.45) is 0 Å². The molecule has 8 heteroatoms. The van der Waals surface area contributed by atoms with E-state index >= 15 is 0 Å².